The molecule has 1 aromatic carbocycles. The van der Waals surface area contributed by atoms with Gasteiger partial charge in [0.2, 0.25) is 0 Å². The Labute approximate surface area is 171 Å². The van der Waals surface area contributed by atoms with Crippen LogP contribution >= 0.6 is 0 Å². The molecule has 1 aliphatic heterocycles. The largest absolute Gasteiger partial charge is 0.368 e. The first-order chi connectivity index (χ1) is 13.9. The lowest BCUT2D eigenvalue weighted by molar-refractivity contribution is 0.243. The van der Waals surface area contributed by atoms with Crippen molar-refractivity contribution in [2.75, 3.05) is 31.1 Å². The summed E-state index contributed by atoms with van der Waals surface area (Å²) in [6, 6.07) is 7.60. The van der Waals surface area contributed by atoms with Crippen LogP contribution in [0.2, 0.25) is 0 Å². The molecule has 0 unspecified atom stereocenters. The van der Waals surface area contributed by atoms with Crippen molar-refractivity contribution >= 4 is 11.5 Å². The molecule has 3 N–H and O–H groups in total. The third kappa shape index (κ3) is 5.35. The fourth-order valence-electron chi connectivity index (χ4n) is 3.77. The molecule has 0 aliphatic carbocycles. The maximum absolute atomic E-state index is 11.6. The average molecular weight is 396 g/mol. The van der Waals surface area contributed by atoms with E-state index in [1.54, 1.807) is 0 Å². The van der Waals surface area contributed by atoms with Gasteiger partial charge < -0.3 is 9.88 Å². The van der Waals surface area contributed by atoms with Gasteiger partial charge in [-0.1, -0.05) is 19.9 Å². The van der Waals surface area contributed by atoms with Crippen molar-refractivity contribution in [1.82, 2.24) is 14.9 Å². The number of H-pyrrole nitrogens is 1. The molecule has 8 nitrogen and oxygen atoms in total. The molecular formula is C21H29N7O. The first-order valence-electron chi connectivity index (χ1n) is 9.99. The molecule has 2 heterocycles. The number of piperazine rings is 1. The number of nitrogens with one attached hydrogen (secondary N) is 3. The number of aryl methyl sites for hydroxylation is 1. The van der Waals surface area contributed by atoms with Crippen LogP contribution in [0.25, 0.3) is 0 Å². The number of rotatable bonds is 6. The SMILES string of the molecule is Cc1cc(=O)nc(CN2CCN(c3cc(CC(C)C)ccc3C(=N)N=N)CC2)[nH]1. The lowest BCUT2D eigenvalue weighted by Crippen LogP contribution is -2.46. The zero-order valence-corrected chi connectivity index (χ0v) is 17.3. The fraction of sp³-hybridized carbons (Fsp3) is 0.476. The van der Waals surface area contributed by atoms with Gasteiger partial charge in [-0.05, 0) is 37.0 Å². The van der Waals surface area contributed by atoms with Crippen LogP contribution in [0, 0.1) is 23.8 Å². The summed E-state index contributed by atoms with van der Waals surface area (Å²) in [6.45, 7) is 10.1. The standard InChI is InChI=1S/C21H29N7O/c1-14(2)10-16-4-5-17(21(22)26-23)18(12-16)28-8-6-27(7-9-28)13-19-24-15(3)11-20(29)25-19/h4-5,11-12,14,22-23H,6-10,13H2,1-3H3,(H,24,25,29). The highest BCUT2D eigenvalue weighted by molar-refractivity contribution is 6.01. The Morgan fingerprint density at radius 3 is 2.59 bits per heavy atom. The first kappa shape index (κ1) is 20.9. The molecule has 0 spiro atoms. The molecule has 1 aliphatic rings. The Morgan fingerprint density at radius 1 is 1.24 bits per heavy atom. The van der Waals surface area contributed by atoms with E-state index in [0.29, 0.717) is 23.9 Å². The summed E-state index contributed by atoms with van der Waals surface area (Å²) in [5, 5.41) is 11.4. The third-order valence-electron chi connectivity index (χ3n) is 5.09. The number of nitrogens with zero attached hydrogens (tertiary/aromatic N) is 4. The molecule has 1 fully saturated rings. The predicted octanol–water partition coefficient (Wildman–Crippen LogP) is 2.96. The summed E-state index contributed by atoms with van der Waals surface area (Å²) in [7, 11) is 0. The van der Waals surface area contributed by atoms with Crippen LogP contribution in [0.4, 0.5) is 5.69 Å². The van der Waals surface area contributed by atoms with Crippen LogP contribution < -0.4 is 10.5 Å². The second-order valence-corrected chi connectivity index (χ2v) is 8.02. The Kier molecular flexibility index (Phi) is 6.53. The van der Waals surface area contributed by atoms with E-state index in [2.05, 4.69) is 44.8 Å². The lowest BCUT2D eigenvalue weighted by Gasteiger charge is -2.36. The van der Waals surface area contributed by atoms with E-state index < -0.39 is 0 Å². The highest BCUT2D eigenvalue weighted by atomic mass is 16.1. The number of amidine groups is 1. The summed E-state index contributed by atoms with van der Waals surface area (Å²) in [4.78, 5) is 23.4. The second-order valence-electron chi connectivity index (χ2n) is 8.02. The van der Waals surface area contributed by atoms with E-state index >= 15 is 0 Å². The smallest absolute Gasteiger partial charge is 0.273 e. The molecule has 2 aromatic rings. The summed E-state index contributed by atoms with van der Waals surface area (Å²) in [6.07, 6.45) is 0.977. The molecule has 29 heavy (non-hydrogen) atoms. The molecule has 3 rings (SSSR count). The zero-order chi connectivity index (χ0) is 21.0. The van der Waals surface area contributed by atoms with Crippen LogP contribution in [-0.2, 0) is 13.0 Å². The van der Waals surface area contributed by atoms with Gasteiger partial charge in [-0.3, -0.25) is 15.1 Å². The van der Waals surface area contributed by atoms with Gasteiger partial charge in [-0.25, -0.2) is 5.53 Å². The van der Waals surface area contributed by atoms with Crippen LogP contribution in [-0.4, -0.2) is 46.9 Å². The Hall–Kier alpha value is -2.87. The van der Waals surface area contributed by atoms with Crippen molar-refractivity contribution in [2.24, 2.45) is 11.0 Å². The molecule has 1 aromatic heterocycles. The predicted molar refractivity (Wildman–Crippen MR) is 114 cm³/mol. The normalized spacial score (nSPS) is 15.0. The minimum absolute atomic E-state index is 0.0138. The number of aromatic amines is 1. The van der Waals surface area contributed by atoms with Crippen LogP contribution in [0.1, 0.15) is 36.5 Å². The van der Waals surface area contributed by atoms with Crippen LogP contribution in [0.5, 0.6) is 0 Å². The maximum Gasteiger partial charge on any atom is 0.273 e. The molecule has 1 saturated heterocycles. The molecule has 154 valence electrons. The first-order valence-corrected chi connectivity index (χ1v) is 9.99. The Morgan fingerprint density at radius 2 is 1.97 bits per heavy atom. The third-order valence-corrected chi connectivity index (χ3v) is 5.09. The van der Waals surface area contributed by atoms with Gasteiger partial charge in [0.15, 0.2) is 5.84 Å². The van der Waals surface area contributed by atoms with Crippen molar-refractivity contribution in [2.45, 2.75) is 33.7 Å². The van der Waals surface area contributed by atoms with E-state index in [1.165, 1.54) is 11.6 Å². The van der Waals surface area contributed by atoms with Gasteiger partial charge in [0.25, 0.3) is 5.56 Å². The highest BCUT2D eigenvalue weighted by Gasteiger charge is 2.22. The Balaban J connectivity index is 1.74. The van der Waals surface area contributed by atoms with Crippen molar-refractivity contribution in [3.05, 3.63) is 57.3 Å². The van der Waals surface area contributed by atoms with Gasteiger partial charge in [-0.2, -0.15) is 4.98 Å². The quantitative estimate of drug-likeness (QED) is 0.396. The van der Waals surface area contributed by atoms with Crippen molar-refractivity contribution < 1.29 is 0 Å². The Bertz CT molecular complexity index is 942. The molecule has 8 heteroatoms. The minimum atomic E-state index is -0.209. The van der Waals surface area contributed by atoms with E-state index in [0.717, 1.165) is 44.0 Å². The molecule has 0 atom stereocenters. The van der Waals surface area contributed by atoms with Gasteiger partial charge in [0.05, 0.1) is 6.54 Å². The van der Waals surface area contributed by atoms with Crippen LogP contribution in [0.15, 0.2) is 34.2 Å². The molecule has 0 saturated carbocycles. The number of hydrogen-bond donors (Lipinski definition) is 3. The number of benzene rings is 1. The zero-order valence-electron chi connectivity index (χ0n) is 17.3. The van der Waals surface area contributed by atoms with Gasteiger partial charge in [0.1, 0.15) is 5.82 Å². The van der Waals surface area contributed by atoms with Gasteiger partial charge in [-0.15, -0.1) is 5.11 Å². The summed E-state index contributed by atoms with van der Waals surface area (Å²) >= 11 is 0. The van der Waals surface area contributed by atoms with Crippen molar-refractivity contribution in [3.63, 3.8) is 0 Å². The average Bonchev–Trinajstić information content (AvgIpc) is 2.66. The molecular weight excluding hydrogens is 366 g/mol. The number of aromatic nitrogens is 2. The monoisotopic (exact) mass is 395 g/mol. The van der Waals surface area contributed by atoms with E-state index in [9.17, 15) is 4.79 Å². The molecule has 0 bridgehead atoms. The maximum atomic E-state index is 11.6. The lowest BCUT2D eigenvalue weighted by atomic mass is 9.99. The van der Waals surface area contributed by atoms with Gasteiger partial charge >= 0.3 is 0 Å². The highest BCUT2D eigenvalue weighted by Crippen LogP contribution is 2.26. The van der Waals surface area contributed by atoms with E-state index in [1.807, 2.05) is 19.1 Å². The van der Waals surface area contributed by atoms with Crippen molar-refractivity contribution in [3.8, 4) is 0 Å². The summed E-state index contributed by atoms with van der Waals surface area (Å²) in [5.74, 6) is 1.23. The number of hydrogen-bond acceptors (Lipinski definition) is 6. The fourth-order valence-corrected chi connectivity index (χ4v) is 3.77. The minimum Gasteiger partial charge on any atom is -0.368 e. The van der Waals surface area contributed by atoms with E-state index in [4.69, 9.17) is 10.9 Å². The van der Waals surface area contributed by atoms with Crippen molar-refractivity contribution in [1.29, 1.82) is 10.9 Å². The molecule has 0 amide bonds. The summed E-state index contributed by atoms with van der Waals surface area (Å²) in [5.41, 5.74) is 10.8. The van der Waals surface area contributed by atoms with Gasteiger partial charge in [0, 0.05) is 49.2 Å². The van der Waals surface area contributed by atoms with Crippen LogP contribution in [0.3, 0.4) is 0 Å². The second kappa shape index (κ2) is 9.09. The van der Waals surface area contributed by atoms with E-state index in [-0.39, 0.29) is 11.4 Å². The molecule has 0 radical (unpaired) electrons. The summed E-state index contributed by atoms with van der Waals surface area (Å²) < 4.78 is 0. The topological polar surface area (TPSA) is 112 Å². The number of anilines is 1.